The molecule has 0 N–H and O–H groups in total. The second-order valence-corrected chi connectivity index (χ2v) is 6.39. The summed E-state index contributed by atoms with van der Waals surface area (Å²) in [6.07, 6.45) is 10.2. The number of rotatable bonds is 2. The Morgan fingerprint density at radius 3 is 2.50 bits per heavy atom. The van der Waals surface area contributed by atoms with E-state index in [2.05, 4.69) is 23.2 Å². The van der Waals surface area contributed by atoms with E-state index < -0.39 is 0 Å². The van der Waals surface area contributed by atoms with Crippen LogP contribution in [0.3, 0.4) is 0 Å². The van der Waals surface area contributed by atoms with Crippen LogP contribution in [0.25, 0.3) is 0 Å². The van der Waals surface area contributed by atoms with Crippen molar-refractivity contribution >= 4 is 11.9 Å². The first-order valence-corrected chi connectivity index (χ1v) is 7.10. The second kappa shape index (κ2) is 5.41. The summed E-state index contributed by atoms with van der Waals surface area (Å²) < 4.78 is 2.64. The van der Waals surface area contributed by atoms with Crippen molar-refractivity contribution in [1.29, 1.82) is 0 Å². The summed E-state index contributed by atoms with van der Waals surface area (Å²) in [5.74, 6) is 0.930. The molecule has 0 aromatic carbocycles. The van der Waals surface area contributed by atoms with E-state index in [-0.39, 0.29) is 0 Å². The van der Waals surface area contributed by atoms with E-state index >= 15 is 0 Å². The van der Waals surface area contributed by atoms with Gasteiger partial charge in [0.25, 0.3) is 0 Å². The van der Waals surface area contributed by atoms with Crippen molar-refractivity contribution in [2.24, 2.45) is 5.92 Å². The summed E-state index contributed by atoms with van der Waals surface area (Å²) >= 11 is 2.18. The fourth-order valence-electron chi connectivity index (χ4n) is 2.62. The van der Waals surface area contributed by atoms with Gasteiger partial charge in [0.15, 0.2) is 0 Å². The van der Waals surface area contributed by atoms with Gasteiger partial charge in [0.2, 0.25) is 0 Å². The molecule has 1 nitrogen and oxygen atoms in total. The molecule has 2 heteroatoms. The van der Waals surface area contributed by atoms with Crippen LogP contribution in [0, 0.1) is 5.92 Å². The lowest BCUT2D eigenvalue weighted by Gasteiger charge is -2.33. The summed E-state index contributed by atoms with van der Waals surface area (Å²) in [6, 6.07) is 0. The summed E-state index contributed by atoms with van der Waals surface area (Å²) in [6.45, 7) is 5.07. The molecular formula is C12H23NS. The number of hydrogen-bond donors (Lipinski definition) is 0. The zero-order valence-corrected chi connectivity index (χ0v) is 10.2. The van der Waals surface area contributed by atoms with Crippen molar-refractivity contribution in [2.45, 2.75) is 57.1 Å². The van der Waals surface area contributed by atoms with Crippen LogP contribution in [0.15, 0.2) is 0 Å². The summed E-state index contributed by atoms with van der Waals surface area (Å²) in [7, 11) is 0. The van der Waals surface area contributed by atoms with Crippen LogP contribution in [0.4, 0.5) is 0 Å². The summed E-state index contributed by atoms with van der Waals surface area (Å²) in [4.78, 5) is 0. The van der Waals surface area contributed by atoms with Crippen LogP contribution in [0.2, 0.25) is 0 Å². The molecule has 0 bridgehead atoms. The first-order valence-electron chi connectivity index (χ1n) is 6.26. The van der Waals surface area contributed by atoms with Gasteiger partial charge in [-0.2, -0.15) is 0 Å². The number of piperidine rings is 1. The monoisotopic (exact) mass is 213 g/mol. The Kier molecular flexibility index (Phi) is 4.18. The topological polar surface area (TPSA) is 3.24 Å². The maximum absolute atomic E-state index is 2.64. The Morgan fingerprint density at radius 2 is 1.79 bits per heavy atom. The van der Waals surface area contributed by atoms with E-state index in [1.807, 2.05) is 0 Å². The fourth-order valence-corrected chi connectivity index (χ4v) is 4.16. The van der Waals surface area contributed by atoms with E-state index in [1.165, 1.54) is 58.0 Å². The molecule has 0 spiro atoms. The predicted molar refractivity (Wildman–Crippen MR) is 64.4 cm³/mol. The van der Waals surface area contributed by atoms with Gasteiger partial charge in [-0.1, -0.05) is 38.1 Å². The second-order valence-electron chi connectivity index (χ2n) is 5.00. The average molecular weight is 213 g/mol. The Hall–Kier alpha value is 0.310. The van der Waals surface area contributed by atoms with Gasteiger partial charge in [0.05, 0.1) is 0 Å². The number of nitrogens with zero attached hydrogens (tertiary/aromatic N) is 1. The molecule has 1 unspecified atom stereocenters. The van der Waals surface area contributed by atoms with Crippen molar-refractivity contribution in [3.05, 3.63) is 0 Å². The molecule has 1 saturated carbocycles. The third kappa shape index (κ3) is 3.16. The third-order valence-corrected chi connectivity index (χ3v) is 4.87. The first-order chi connectivity index (χ1) is 6.84. The Morgan fingerprint density at radius 1 is 1.00 bits per heavy atom. The minimum atomic E-state index is 0.930. The molecule has 0 amide bonds. The van der Waals surface area contributed by atoms with Crippen molar-refractivity contribution in [1.82, 2.24) is 4.31 Å². The molecule has 1 aliphatic carbocycles. The molecule has 2 rings (SSSR count). The van der Waals surface area contributed by atoms with E-state index in [4.69, 9.17) is 0 Å². The van der Waals surface area contributed by atoms with Crippen LogP contribution in [-0.4, -0.2) is 22.6 Å². The minimum Gasteiger partial charge on any atom is -0.250 e. The van der Waals surface area contributed by atoms with Crippen molar-refractivity contribution in [3.63, 3.8) is 0 Å². The van der Waals surface area contributed by atoms with E-state index in [1.54, 1.807) is 0 Å². The van der Waals surface area contributed by atoms with Crippen molar-refractivity contribution < 1.29 is 0 Å². The molecule has 0 radical (unpaired) electrons. The van der Waals surface area contributed by atoms with Crippen LogP contribution < -0.4 is 0 Å². The van der Waals surface area contributed by atoms with Gasteiger partial charge < -0.3 is 0 Å². The maximum atomic E-state index is 2.64. The van der Waals surface area contributed by atoms with Gasteiger partial charge in [-0.05, 0) is 31.6 Å². The van der Waals surface area contributed by atoms with Gasteiger partial charge in [-0.25, -0.2) is 0 Å². The molecule has 1 aliphatic heterocycles. The molecule has 1 heterocycles. The molecule has 0 aromatic heterocycles. The minimum absolute atomic E-state index is 0.930. The smallest absolute Gasteiger partial charge is 0.0195 e. The van der Waals surface area contributed by atoms with Crippen molar-refractivity contribution in [2.75, 3.05) is 13.1 Å². The Labute approximate surface area is 92.8 Å². The number of hydrogen-bond acceptors (Lipinski definition) is 2. The van der Waals surface area contributed by atoms with Crippen LogP contribution in [-0.2, 0) is 0 Å². The van der Waals surface area contributed by atoms with Crippen molar-refractivity contribution in [3.8, 4) is 0 Å². The predicted octanol–water partition coefficient (Wildman–Crippen LogP) is 3.70. The quantitative estimate of drug-likeness (QED) is 0.643. The SMILES string of the molecule is CC1CCCN(SC2CCCCC2)C1. The third-order valence-electron chi connectivity index (χ3n) is 3.47. The summed E-state index contributed by atoms with van der Waals surface area (Å²) in [5.41, 5.74) is 0. The molecule has 14 heavy (non-hydrogen) atoms. The largest absolute Gasteiger partial charge is 0.250 e. The zero-order chi connectivity index (χ0) is 9.80. The molecule has 82 valence electrons. The highest BCUT2D eigenvalue weighted by Crippen LogP contribution is 2.32. The highest BCUT2D eigenvalue weighted by Gasteiger charge is 2.21. The lowest BCUT2D eigenvalue weighted by Crippen LogP contribution is -2.31. The van der Waals surface area contributed by atoms with Gasteiger partial charge in [0.1, 0.15) is 0 Å². The Bertz CT molecular complexity index is 166. The molecule has 1 atom stereocenters. The molecule has 1 saturated heterocycles. The molecule has 2 aliphatic rings. The van der Waals surface area contributed by atoms with Gasteiger partial charge >= 0.3 is 0 Å². The molecule has 0 aromatic rings. The highest BCUT2D eigenvalue weighted by atomic mass is 32.2. The van der Waals surface area contributed by atoms with Crippen LogP contribution >= 0.6 is 11.9 Å². The standard InChI is InChI=1S/C12H23NS/c1-11-6-5-9-13(10-11)14-12-7-3-2-4-8-12/h11-12H,2-10H2,1H3. The van der Waals surface area contributed by atoms with E-state index in [0.29, 0.717) is 0 Å². The molecule has 2 fully saturated rings. The van der Waals surface area contributed by atoms with Crippen LogP contribution in [0.1, 0.15) is 51.9 Å². The van der Waals surface area contributed by atoms with E-state index in [9.17, 15) is 0 Å². The zero-order valence-electron chi connectivity index (χ0n) is 9.37. The van der Waals surface area contributed by atoms with E-state index in [0.717, 1.165) is 11.2 Å². The highest BCUT2D eigenvalue weighted by molar-refractivity contribution is 7.97. The maximum Gasteiger partial charge on any atom is 0.0195 e. The van der Waals surface area contributed by atoms with Gasteiger partial charge in [0, 0.05) is 18.3 Å². The molecular weight excluding hydrogens is 190 g/mol. The van der Waals surface area contributed by atoms with Gasteiger partial charge in [-0.15, -0.1) is 0 Å². The van der Waals surface area contributed by atoms with Crippen LogP contribution in [0.5, 0.6) is 0 Å². The average Bonchev–Trinajstić information content (AvgIpc) is 2.19. The first kappa shape index (κ1) is 10.8. The van der Waals surface area contributed by atoms with Gasteiger partial charge in [-0.3, -0.25) is 4.31 Å². The summed E-state index contributed by atoms with van der Waals surface area (Å²) in [5, 5.41) is 0.953. The normalized spacial score (nSPS) is 31.9. The lowest BCUT2D eigenvalue weighted by molar-refractivity contribution is 0.299. The lowest BCUT2D eigenvalue weighted by atomic mass is 10.0. The fraction of sp³-hybridized carbons (Fsp3) is 1.00. The Balaban J connectivity index is 1.72.